The highest BCUT2D eigenvalue weighted by molar-refractivity contribution is 5.85. The van der Waals surface area contributed by atoms with E-state index < -0.39 is 0 Å². The van der Waals surface area contributed by atoms with Crippen LogP contribution in [0.15, 0.2) is 291 Å². The molecule has 0 N–H and O–H groups in total. The summed E-state index contributed by atoms with van der Waals surface area (Å²) in [5.41, 5.74) is 29.6. The molecular formula is C90H88N2. The van der Waals surface area contributed by atoms with Crippen LogP contribution >= 0.6 is 0 Å². The van der Waals surface area contributed by atoms with Crippen LogP contribution < -0.4 is 9.80 Å². The molecule has 12 aromatic rings. The van der Waals surface area contributed by atoms with Gasteiger partial charge in [0.1, 0.15) is 0 Å². The van der Waals surface area contributed by atoms with Crippen molar-refractivity contribution in [2.45, 2.75) is 118 Å². The lowest BCUT2D eigenvalue weighted by molar-refractivity contribution is 0.607. The van der Waals surface area contributed by atoms with Gasteiger partial charge in [0.25, 0.3) is 0 Å². The molecule has 12 aromatic carbocycles. The van der Waals surface area contributed by atoms with Gasteiger partial charge in [-0.05, 0) is 213 Å². The largest absolute Gasteiger partial charge is 0.311 e. The quantitative estimate of drug-likeness (QED) is 0.0474. The first-order chi connectivity index (χ1) is 45.3. The Kier molecular flexibility index (Phi) is 20.9. The summed E-state index contributed by atoms with van der Waals surface area (Å²) in [7, 11) is 0. The Hall–Kier alpha value is -9.76. The van der Waals surface area contributed by atoms with E-state index in [-0.39, 0.29) is 0 Å². The maximum Gasteiger partial charge on any atom is 0.0462 e. The van der Waals surface area contributed by atoms with Gasteiger partial charge in [0.05, 0.1) is 0 Å². The van der Waals surface area contributed by atoms with Gasteiger partial charge >= 0.3 is 0 Å². The van der Waals surface area contributed by atoms with Crippen LogP contribution in [0.3, 0.4) is 0 Å². The summed E-state index contributed by atoms with van der Waals surface area (Å²) in [4.78, 5) is 4.77. The normalized spacial score (nSPS) is 11.2. The van der Waals surface area contributed by atoms with Gasteiger partial charge in [-0.3, -0.25) is 0 Å². The van der Waals surface area contributed by atoms with Crippen LogP contribution in [0.5, 0.6) is 0 Å². The molecular weight excluding hydrogens is 1110 g/mol. The summed E-state index contributed by atoms with van der Waals surface area (Å²) in [5.74, 6) is 0. The highest BCUT2D eigenvalue weighted by Gasteiger charge is 2.19. The lowest BCUT2D eigenvalue weighted by Gasteiger charge is -2.26. The maximum atomic E-state index is 2.53. The molecule has 458 valence electrons. The van der Waals surface area contributed by atoms with Crippen LogP contribution in [-0.4, -0.2) is 0 Å². The Morgan fingerprint density at radius 3 is 0.750 bits per heavy atom. The first-order valence-corrected chi connectivity index (χ1v) is 34.1. The minimum Gasteiger partial charge on any atom is -0.311 e. The highest BCUT2D eigenvalue weighted by atomic mass is 15.1. The van der Waals surface area contributed by atoms with E-state index in [1.165, 1.54) is 177 Å². The van der Waals surface area contributed by atoms with Gasteiger partial charge in [-0.2, -0.15) is 0 Å². The fourth-order valence-corrected chi connectivity index (χ4v) is 13.2. The number of anilines is 6. The van der Waals surface area contributed by atoms with Gasteiger partial charge in [0.2, 0.25) is 0 Å². The van der Waals surface area contributed by atoms with Gasteiger partial charge in [0, 0.05) is 34.1 Å². The average Bonchev–Trinajstić information content (AvgIpc) is 1.03. The Morgan fingerprint density at radius 1 is 0.207 bits per heavy atom. The Labute approximate surface area is 549 Å². The fourth-order valence-electron chi connectivity index (χ4n) is 13.2. The van der Waals surface area contributed by atoms with Crippen LogP contribution in [0.1, 0.15) is 113 Å². The van der Waals surface area contributed by atoms with Crippen molar-refractivity contribution in [2.75, 3.05) is 9.80 Å². The van der Waals surface area contributed by atoms with E-state index in [0.717, 1.165) is 47.0 Å². The van der Waals surface area contributed by atoms with Gasteiger partial charge < -0.3 is 9.80 Å². The number of hydrogen-bond donors (Lipinski definition) is 0. The number of hydrogen-bond acceptors (Lipinski definition) is 2. The standard InChI is InChI=1S/C90H88N2/c1-5-7-9-11-13-17-29-81-65-79(73-43-57-87(58-44-73)91(83-49-35-67(3)36-50-83)85-53-39-71(40-54-85)77-33-23-31-75(63-77)69-25-19-15-20-26-69)47-61-89(81)90-62-48-80(66-82(90)30-18-14-12-10-8-6-2)74-45-59-88(60-46-74)92(84-51-37-68(4)38-52-84)86-55-41-72(42-56-86)78-34-24-32-76(64-78)70-27-21-16-22-28-70/h15-16,19-28,31-66H,5-14,17-18,29-30H2,1-4H3. The molecule has 2 heteroatoms. The summed E-state index contributed by atoms with van der Waals surface area (Å²) < 4.78 is 0. The third-order valence-corrected chi connectivity index (χ3v) is 18.5. The molecule has 0 radical (unpaired) electrons. The van der Waals surface area contributed by atoms with Crippen molar-refractivity contribution in [1.29, 1.82) is 0 Å². The highest BCUT2D eigenvalue weighted by Crippen LogP contribution is 2.42. The van der Waals surface area contributed by atoms with Gasteiger partial charge in [0.15, 0.2) is 0 Å². The molecule has 12 rings (SSSR count). The molecule has 0 aliphatic rings. The van der Waals surface area contributed by atoms with Crippen LogP contribution in [0.2, 0.25) is 0 Å². The first kappa shape index (κ1) is 62.4. The maximum absolute atomic E-state index is 2.53. The third-order valence-electron chi connectivity index (χ3n) is 18.5. The van der Waals surface area contributed by atoms with Crippen molar-refractivity contribution in [3.8, 4) is 77.9 Å². The zero-order valence-electron chi connectivity index (χ0n) is 54.5. The average molecular weight is 1200 g/mol. The SMILES string of the molecule is CCCCCCCCc1cc(-c2ccc(N(c3ccc(C)cc3)c3ccc(-c4cccc(-c5ccccc5)c4)cc3)cc2)ccc1-c1ccc(-c2ccc(N(c3ccc(C)cc3)c3ccc(-c4cccc(-c5ccccc5)c4)cc3)cc2)cc1CCCCCCCC. The second kappa shape index (κ2) is 30.8. The molecule has 0 atom stereocenters. The van der Waals surface area contributed by atoms with E-state index in [1.807, 2.05) is 0 Å². The molecule has 0 saturated carbocycles. The molecule has 0 unspecified atom stereocenters. The molecule has 0 saturated heterocycles. The Balaban J connectivity index is 0.841. The van der Waals surface area contributed by atoms with E-state index in [2.05, 4.69) is 329 Å². The minimum atomic E-state index is 1.06. The number of aryl methyl sites for hydroxylation is 4. The van der Waals surface area contributed by atoms with Crippen molar-refractivity contribution in [2.24, 2.45) is 0 Å². The molecule has 0 amide bonds. The Morgan fingerprint density at radius 2 is 0.446 bits per heavy atom. The molecule has 0 aliphatic carbocycles. The second-order valence-electron chi connectivity index (χ2n) is 25.2. The van der Waals surface area contributed by atoms with Crippen molar-refractivity contribution in [3.05, 3.63) is 313 Å². The Bertz CT molecular complexity index is 3980. The lowest BCUT2D eigenvalue weighted by Crippen LogP contribution is -2.09. The van der Waals surface area contributed by atoms with E-state index in [0.29, 0.717) is 0 Å². The molecule has 0 heterocycles. The predicted molar refractivity (Wildman–Crippen MR) is 397 cm³/mol. The molecule has 0 spiro atoms. The summed E-state index contributed by atoms with van der Waals surface area (Å²) in [5, 5.41) is 0. The minimum absolute atomic E-state index is 1.06. The van der Waals surface area contributed by atoms with Gasteiger partial charge in [-0.1, -0.05) is 295 Å². The lowest BCUT2D eigenvalue weighted by atomic mass is 9.87. The van der Waals surface area contributed by atoms with Crippen LogP contribution in [0, 0.1) is 13.8 Å². The summed E-state index contributed by atoms with van der Waals surface area (Å²) >= 11 is 0. The molecule has 0 aromatic heterocycles. The number of unbranched alkanes of at least 4 members (excludes halogenated alkanes) is 10. The zero-order valence-corrected chi connectivity index (χ0v) is 54.5. The number of benzene rings is 12. The van der Waals surface area contributed by atoms with Crippen LogP contribution in [0.25, 0.3) is 77.9 Å². The van der Waals surface area contributed by atoms with Gasteiger partial charge in [-0.25, -0.2) is 0 Å². The summed E-state index contributed by atoms with van der Waals surface area (Å²) in [6, 6.07) is 108. The first-order valence-electron chi connectivity index (χ1n) is 34.1. The van der Waals surface area contributed by atoms with Crippen LogP contribution in [-0.2, 0) is 12.8 Å². The molecule has 0 fully saturated rings. The zero-order chi connectivity index (χ0) is 62.9. The monoisotopic (exact) mass is 1200 g/mol. The van der Waals surface area contributed by atoms with Crippen molar-refractivity contribution in [1.82, 2.24) is 0 Å². The molecule has 2 nitrogen and oxygen atoms in total. The van der Waals surface area contributed by atoms with E-state index >= 15 is 0 Å². The smallest absolute Gasteiger partial charge is 0.0462 e. The van der Waals surface area contributed by atoms with Crippen molar-refractivity contribution < 1.29 is 0 Å². The number of nitrogens with zero attached hydrogens (tertiary/aromatic N) is 2. The third kappa shape index (κ3) is 15.5. The summed E-state index contributed by atoms with van der Waals surface area (Å²) in [6.07, 6.45) is 17.4. The van der Waals surface area contributed by atoms with Crippen LogP contribution in [0.4, 0.5) is 34.1 Å². The van der Waals surface area contributed by atoms with Crippen molar-refractivity contribution in [3.63, 3.8) is 0 Å². The van der Waals surface area contributed by atoms with E-state index in [1.54, 1.807) is 0 Å². The van der Waals surface area contributed by atoms with E-state index in [9.17, 15) is 0 Å². The van der Waals surface area contributed by atoms with Crippen molar-refractivity contribution >= 4 is 34.1 Å². The number of rotatable bonds is 27. The van der Waals surface area contributed by atoms with E-state index in [4.69, 9.17) is 0 Å². The topological polar surface area (TPSA) is 6.48 Å². The fraction of sp³-hybridized carbons (Fsp3) is 0.200. The van der Waals surface area contributed by atoms with Gasteiger partial charge in [-0.15, -0.1) is 0 Å². The predicted octanol–water partition coefficient (Wildman–Crippen LogP) is 26.7. The second-order valence-corrected chi connectivity index (χ2v) is 25.2. The molecule has 92 heavy (non-hydrogen) atoms. The molecule has 0 bridgehead atoms. The summed E-state index contributed by atoms with van der Waals surface area (Å²) in [6.45, 7) is 8.94. The molecule has 0 aliphatic heterocycles.